The SMILES string of the molecule is C[C@H](Cc1nncn1C)c1cccc(NC(=O)c2ccc(CNCCOCCOCCOCCNC(=O)O)c(C3CC3)n2)c1. The van der Waals surface area contributed by atoms with E-state index in [4.69, 9.17) is 24.3 Å². The van der Waals surface area contributed by atoms with E-state index in [0.29, 0.717) is 64.3 Å². The van der Waals surface area contributed by atoms with Crippen molar-refractivity contribution >= 4 is 17.7 Å². The minimum atomic E-state index is -1.06. The Balaban J connectivity index is 1.16. The van der Waals surface area contributed by atoms with Crippen LogP contribution < -0.4 is 16.0 Å². The van der Waals surface area contributed by atoms with Crippen LogP contribution in [0.25, 0.3) is 0 Å². The molecule has 0 spiro atoms. The molecule has 13 nitrogen and oxygen atoms in total. The lowest BCUT2D eigenvalue weighted by Crippen LogP contribution is -2.25. The van der Waals surface area contributed by atoms with E-state index in [-0.39, 0.29) is 18.4 Å². The number of ether oxygens (including phenoxy) is 3. The Morgan fingerprint density at radius 3 is 2.43 bits per heavy atom. The second kappa shape index (κ2) is 17.4. The molecule has 0 bridgehead atoms. The molecule has 2 aromatic heterocycles. The van der Waals surface area contributed by atoms with Gasteiger partial charge in [-0.25, -0.2) is 9.78 Å². The number of rotatable bonds is 20. The van der Waals surface area contributed by atoms with E-state index in [1.54, 1.807) is 12.4 Å². The van der Waals surface area contributed by atoms with Gasteiger partial charge in [-0.1, -0.05) is 25.1 Å². The molecule has 0 aliphatic heterocycles. The van der Waals surface area contributed by atoms with Crippen LogP contribution in [0.2, 0.25) is 0 Å². The minimum Gasteiger partial charge on any atom is -0.465 e. The van der Waals surface area contributed by atoms with Gasteiger partial charge in [0, 0.05) is 50.4 Å². The highest BCUT2D eigenvalue weighted by Crippen LogP contribution is 2.40. The van der Waals surface area contributed by atoms with Crippen LogP contribution in [0.3, 0.4) is 0 Å². The Labute approximate surface area is 257 Å². The van der Waals surface area contributed by atoms with E-state index in [9.17, 15) is 9.59 Å². The molecule has 2 heterocycles. The van der Waals surface area contributed by atoms with Gasteiger partial charge in [0.1, 0.15) is 17.8 Å². The van der Waals surface area contributed by atoms with E-state index in [0.717, 1.165) is 47.6 Å². The summed E-state index contributed by atoms with van der Waals surface area (Å²) >= 11 is 0. The first-order chi connectivity index (χ1) is 21.4. The van der Waals surface area contributed by atoms with Crippen molar-refractivity contribution in [2.75, 3.05) is 58.0 Å². The first-order valence-electron chi connectivity index (χ1n) is 15.1. The van der Waals surface area contributed by atoms with E-state index < -0.39 is 6.09 Å². The summed E-state index contributed by atoms with van der Waals surface area (Å²) in [4.78, 5) is 28.3. The first kappa shape index (κ1) is 33.0. The maximum Gasteiger partial charge on any atom is 0.404 e. The van der Waals surface area contributed by atoms with Crippen LogP contribution >= 0.6 is 0 Å². The Bertz CT molecular complexity index is 1350. The number of carbonyl (C=O) groups excluding carboxylic acids is 1. The summed E-state index contributed by atoms with van der Waals surface area (Å²) in [6.45, 7) is 6.35. The van der Waals surface area contributed by atoms with Crippen LogP contribution in [0, 0.1) is 0 Å². The van der Waals surface area contributed by atoms with E-state index in [1.165, 1.54) is 0 Å². The van der Waals surface area contributed by atoms with Crippen molar-refractivity contribution in [3.05, 3.63) is 71.1 Å². The number of nitrogens with zero attached hydrogens (tertiary/aromatic N) is 4. The molecule has 44 heavy (non-hydrogen) atoms. The number of carbonyl (C=O) groups is 2. The van der Waals surface area contributed by atoms with Crippen molar-refractivity contribution in [1.29, 1.82) is 0 Å². The average molecular weight is 610 g/mol. The average Bonchev–Trinajstić information content (AvgIpc) is 3.79. The molecule has 1 aliphatic carbocycles. The van der Waals surface area contributed by atoms with Gasteiger partial charge in [0.2, 0.25) is 0 Å². The van der Waals surface area contributed by atoms with Crippen molar-refractivity contribution in [3.63, 3.8) is 0 Å². The Hall–Kier alpha value is -3.91. The van der Waals surface area contributed by atoms with Crippen LogP contribution in [0.15, 0.2) is 42.7 Å². The van der Waals surface area contributed by atoms with Crippen LogP contribution in [-0.4, -0.2) is 89.6 Å². The van der Waals surface area contributed by atoms with E-state index in [1.807, 2.05) is 35.9 Å². The summed E-state index contributed by atoms with van der Waals surface area (Å²) in [5.41, 5.74) is 4.36. The van der Waals surface area contributed by atoms with Gasteiger partial charge < -0.3 is 39.8 Å². The molecule has 0 saturated heterocycles. The molecule has 3 aromatic rings. The monoisotopic (exact) mass is 609 g/mol. The number of aryl methyl sites for hydroxylation is 1. The molecule has 2 amide bonds. The topological polar surface area (TPSA) is 162 Å². The number of benzene rings is 1. The smallest absolute Gasteiger partial charge is 0.404 e. The Morgan fingerprint density at radius 2 is 1.75 bits per heavy atom. The lowest BCUT2D eigenvalue weighted by Gasteiger charge is -2.14. The van der Waals surface area contributed by atoms with Crippen molar-refractivity contribution in [1.82, 2.24) is 30.4 Å². The standard InChI is InChI=1S/C31H43N7O6/c1-22(18-28-37-34-21-38(28)2)24-4-3-5-26(19-24)35-30(39)27-9-8-25(29(36-27)23-6-7-23)20-32-10-12-42-14-16-44-17-15-43-13-11-33-31(40)41/h3-5,8-9,19,21-23,32-33H,6-7,10-18,20H2,1-2H3,(H,35,39)(H,40,41)/t22-/m1/s1. The lowest BCUT2D eigenvalue weighted by atomic mass is 9.97. The summed E-state index contributed by atoms with van der Waals surface area (Å²) in [6, 6.07) is 11.7. The van der Waals surface area contributed by atoms with Crippen LogP contribution in [0.1, 0.15) is 64.7 Å². The van der Waals surface area contributed by atoms with Crippen LogP contribution in [0.5, 0.6) is 0 Å². The second-order valence-corrected chi connectivity index (χ2v) is 10.8. The molecule has 238 valence electrons. The van der Waals surface area contributed by atoms with E-state index in [2.05, 4.69) is 39.1 Å². The lowest BCUT2D eigenvalue weighted by molar-refractivity contribution is 0.0158. The highest BCUT2D eigenvalue weighted by Gasteiger charge is 2.28. The first-order valence-corrected chi connectivity index (χ1v) is 15.1. The molecule has 4 N–H and O–H groups in total. The van der Waals surface area contributed by atoms with Crippen LogP contribution in [0.4, 0.5) is 10.5 Å². The molecule has 1 aliphatic rings. The number of hydrogen-bond acceptors (Lipinski definition) is 9. The summed E-state index contributed by atoms with van der Waals surface area (Å²) in [5, 5.41) is 25.3. The van der Waals surface area contributed by atoms with Gasteiger partial charge in [0.05, 0.1) is 39.6 Å². The van der Waals surface area contributed by atoms with Gasteiger partial charge in [-0.15, -0.1) is 10.2 Å². The fourth-order valence-electron chi connectivity index (χ4n) is 4.63. The Morgan fingerprint density at radius 1 is 1.02 bits per heavy atom. The molecule has 0 unspecified atom stereocenters. The van der Waals surface area contributed by atoms with Gasteiger partial charge in [-0.05, 0) is 48.1 Å². The van der Waals surface area contributed by atoms with E-state index >= 15 is 0 Å². The number of aromatic nitrogens is 4. The highest BCUT2D eigenvalue weighted by atomic mass is 16.5. The fraction of sp³-hybridized carbons (Fsp3) is 0.516. The summed E-state index contributed by atoms with van der Waals surface area (Å²) in [7, 11) is 1.94. The van der Waals surface area contributed by atoms with Gasteiger partial charge in [0.25, 0.3) is 5.91 Å². The van der Waals surface area contributed by atoms with Gasteiger partial charge in [0.15, 0.2) is 0 Å². The molecule has 13 heteroatoms. The predicted molar refractivity (Wildman–Crippen MR) is 164 cm³/mol. The molecule has 1 atom stereocenters. The third kappa shape index (κ3) is 11.0. The molecule has 0 radical (unpaired) electrons. The largest absolute Gasteiger partial charge is 0.465 e. The zero-order valence-corrected chi connectivity index (χ0v) is 25.5. The number of nitrogens with one attached hydrogen (secondary N) is 3. The summed E-state index contributed by atoms with van der Waals surface area (Å²) < 4.78 is 18.2. The van der Waals surface area contributed by atoms with Crippen molar-refractivity contribution < 1.29 is 28.9 Å². The summed E-state index contributed by atoms with van der Waals surface area (Å²) in [6.07, 6.45) is 3.57. The fourth-order valence-corrected chi connectivity index (χ4v) is 4.63. The highest BCUT2D eigenvalue weighted by molar-refractivity contribution is 6.03. The third-order valence-corrected chi connectivity index (χ3v) is 7.22. The molecule has 4 rings (SSSR count). The minimum absolute atomic E-state index is 0.215. The van der Waals surface area contributed by atoms with Gasteiger partial charge in [-0.2, -0.15) is 0 Å². The van der Waals surface area contributed by atoms with Crippen molar-refractivity contribution in [3.8, 4) is 0 Å². The molecule has 1 fully saturated rings. The number of pyridine rings is 1. The normalized spacial score (nSPS) is 13.5. The number of carboxylic acid groups (broad SMARTS) is 1. The van der Waals surface area contributed by atoms with Gasteiger partial charge >= 0.3 is 6.09 Å². The zero-order chi connectivity index (χ0) is 31.1. The maximum absolute atomic E-state index is 13.1. The third-order valence-electron chi connectivity index (χ3n) is 7.22. The maximum atomic E-state index is 13.1. The van der Waals surface area contributed by atoms with Gasteiger partial charge in [-0.3, -0.25) is 4.79 Å². The molecule has 1 saturated carbocycles. The van der Waals surface area contributed by atoms with Crippen molar-refractivity contribution in [2.24, 2.45) is 7.05 Å². The number of anilines is 1. The molecule has 1 aromatic carbocycles. The second-order valence-electron chi connectivity index (χ2n) is 10.8. The van der Waals surface area contributed by atoms with Crippen molar-refractivity contribution in [2.45, 2.75) is 44.6 Å². The zero-order valence-electron chi connectivity index (χ0n) is 25.5. The quantitative estimate of drug-likeness (QED) is 0.140. The van der Waals surface area contributed by atoms with Crippen LogP contribution in [-0.2, 0) is 34.2 Å². The Kier molecular flexibility index (Phi) is 13.0. The number of amides is 2. The molecular weight excluding hydrogens is 566 g/mol. The number of hydrogen-bond donors (Lipinski definition) is 4. The molecular formula is C31H43N7O6. The summed E-state index contributed by atoms with van der Waals surface area (Å²) in [5.74, 6) is 1.31. The predicted octanol–water partition coefficient (Wildman–Crippen LogP) is 3.09.